The molecule has 2 N–H and O–H groups in total. The van der Waals surface area contributed by atoms with Gasteiger partial charge in [0.25, 0.3) is 0 Å². The van der Waals surface area contributed by atoms with Gasteiger partial charge in [-0.3, -0.25) is 19.6 Å². The van der Waals surface area contributed by atoms with Gasteiger partial charge in [0, 0.05) is 26.7 Å². The van der Waals surface area contributed by atoms with Crippen LogP contribution in [0, 0.1) is 5.92 Å². The van der Waals surface area contributed by atoms with Crippen LogP contribution in [0.1, 0.15) is 44.1 Å². The molecule has 0 radical (unpaired) electrons. The minimum Gasteiger partial charge on any atom is -0.355 e. The molecular weight excluding hydrogens is 548 g/mol. The van der Waals surface area contributed by atoms with Crippen molar-refractivity contribution in [1.29, 1.82) is 0 Å². The van der Waals surface area contributed by atoms with Crippen molar-refractivity contribution in [3.63, 3.8) is 0 Å². The van der Waals surface area contributed by atoms with Crippen molar-refractivity contribution in [2.45, 2.75) is 62.2 Å². The number of hydrogen-bond acceptors (Lipinski definition) is 7. The van der Waals surface area contributed by atoms with Crippen LogP contribution in [0.5, 0.6) is 0 Å². The fourth-order valence-electron chi connectivity index (χ4n) is 4.88. The van der Waals surface area contributed by atoms with Gasteiger partial charge in [0.1, 0.15) is 6.17 Å². The SMILES string of the molecule is CN(C=O)[C@H]1CCCN(S(=O)(=O)c2ccccc2)CCCCO[C@H](N(O)C=O)[C@@H](CCCc2ccccc2)C(=O)N1. The van der Waals surface area contributed by atoms with Gasteiger partial charge in [0.2, 0.25) is 28.8 Å². The highest BCUT2D eigenvalue weighted by Gasteiger charge is 2.35. The first kappa shape index (κ1) is 32.2. The standard InChI is InChI=1S/C29H40N4O7S/c1-31(22-34)27-18-11-20-32(41(38,39)25-15-6-3-7-16-25)19-8-9-21-40-29(33(37)23-35)26(28(36)30-27)17-10-14-24-12-4-2-5-13-24/h2-7,12-13,15-16,22-23,26-27,29,37H,8-11,14,17-21H2,1H3,(H,30,36)/t26-,27-,29-/m0/s1. The number of nitrogens with zero attached hydrogens (tertiary/aromatic N) is 3. The van der Waals surface area contributed by atoms with E-state index in [1.54, 1.807) is 30.3 Å². The second-order valence-electron chi connectivity index (χ2n) is 10.1. The van der Waals surface area contributed by atoms with E-state index in [9.17, 15) is 28.0 Å². The number of benzene rings is 2. The van der Waals surface area contributed by atoms with Crippen molar-refractivity contribution >= 4 is 28.8 Å². The maximum atomic E-state index is 13.6. The summed E-state index contributed by atoms with van der Waals surface area (Å²) in [5, 5.41) is 13.6. The normalized spacial score (nSPS) is 21.7. The first-order valence-electron chi connectivity index (χ1n) is 13.9. The highest BCUT2D eigenvalue weighted by atomic mass is 32.2. The molecule has 3 amide bonds. The van der Waals surface area contributed by atoms with Gasteiger partial charge < -0.3 is 15.0 Å². The molecule has 0 saturated carbocycles. The Morgan fingerprint density at radius 2 is 1.66 bits per heavy atom. The predicted molar refractivity (Wildman–Crippen MR) is 152 cm³/mol. The molecule has 224 valence electrons. The number of carbonyl (C=O) groups excluding carboxylic acids is 3. The topological polar surface area (TPSA) is 137 Å². The summed E-state index contributed by atoms with van der Waals surface area (Å²) >= 11 is 0. The van der Waals surface area contributed by atoms with Crippen LogP contribution >= 0.6 is 0 Å². The summed E-state index contributed by atoms with van der Waals surface area (Å²) < 4.78 is 34.0. The molecule has 1 fully saturated rings. The van der Waals surface area contributed by atoms with E-state index in [0.717, 1.165) is 5.56 Å². The van der Waals surface area contributed by atoms with Crippen LogP contribution < -0.4 is 5.32 Å². The number of aryl methyl sites for hydroxylation is 1. The van der Waals surface area contributed by atoms with Gasteiger partial charge in [0.05, 0.1) is 10.8 Å². The quantitative estimate of drug-likeness (QED) is 0.247. The first-order chi connectivity index (χ1) is 19.8. The summed E-state index contributed by atoms with van der Waals surface area (Å²) in [7, 11) is -2.23. The number of ether oxygens (including phenoxy) is 1. The lowest BCUT2D eigenvalue weighted by Crippen LogP contribution is -2.53. The van der Waals surface area contributed by atoms with E-state index < -0.39 is 34.2 Å². The van der Waals surface area contributed by atoms with Gasteiger partial charge in [0.15, 0.2) is 6.23 Å². The molecule has 0 spiro atoms. The lowest BCUT2D eigenvalue weighted by Gasteiger charge is -2.33. The molecule has 1 heterocycles. The van der Waals surface area contributed by atoms with Crippen LogP contribution in [0.4, 0.5) is 0 Å². The van der Waals surface area contributed by atoms with Gasteiger partial charge in [-0.05, 0) is 62.6 Å². The van der Waals surface area contributed by atoms with E-state index >= 15 is 0 Å². The smallest absolute Gasteiger partial charge is 0.243 e. The number of sulfonamides is 1. The number of nitrogens with one attached hydrogen (secondary N) is 1. The van der Waals surface area contributed by atoms with Gasteiger partial charge in [-0.25, -0.2) is 8.42 Å². The Balaban J connectivity index is 1.82. The van der Waals surface area contributed by atoms with E-state index in [0.29, 0.717) is 56.4 Å². The number of carbonyl (C=O) groups is 3. The number of hydroxylamine groups is 2. The number of amides is 3. The van der Waals surface area contributed by atoms with Gasteiger partial charge >= 0.3 is 0 Å². The second kappa shape index (κ2) is 16.2. The summed E-state index contributed by atoms with van der Waals surface area (Å²) in [5.41, 5.74) is 1.09. The predicted octanol–water partition coefficient (Wildman–Crippen LogP) is 2.61. The van der Waals surface area contributed by atoms with Crippen molar-refractivity contribution < 1.29 is 32.7 Å². The maximum Gasteiger partial charge on any atom is 0.243 e. The van der Waals surface area contributed by atoms with Crippen LogP contribution in [0.3, 0.4) is 0 Å². The Kier molecular flexibility index (Phi) is 12.7. The fraction of sp³-hybridized carbons (Fsp3) is 0.483. The Labute approximate surface area is 242 Å². The molecule has 11 nitrogen and oxygen atoms in total. The zero-order valence-corrected chi connectivity index (χ0v) is 24.2. The number of rotatable bonds is 10. The van der Waals surface area contributed by atoms with E-state index in [2.05, 4.69) is 5.32 Å². The minimum atomic E-state index is -3.76. The summed E-state index contributed by atoms with van der Waals surface area (Å²) in [6, 6.07) is 17.9. The Morgan fingerprint density at radius 1 is 1.00 bits per heavy atom. The van der Waals surface area contributed by atoms with Crippen LogP contribution in [-0.2, 0) is 35.6 Å². The third-order valence-electron chi connectivity index (χ3n) is 7.20. The zero-order valence-electron chi connectivity index (χ0n) is 23.4. The van der Waals surface area contributed by atoms with Crippen molar-refractivity contribution in [2.24, 2.45) is 5.92 Å². The van der Waals surface area contributed by atoms with E-state index in [1.165, 1.54) is 16.3 Å². The Hall–Kier alpha value is -3.32. The van der Waals surface area contributed by atoms with E-state index in [4.69, 9.17) is 4.74 Å². The molecule has 3 rings (SSSR count). The van der Waals surface area contributed by atoms with Crippen molar-refractivity contribution in [1.82, 2.24) is 19.6 Å². The molecule has 0 bridgehead atoms. The van der Waals surface area contributed by atoms with Gasteiger partial charge in [-0.2, -0.15) is 9.37 Å². The Morgan fingerprint density at radius 3 is 2.32 bits per heavy atom. The lowest BCUT2D eigenvalue weighted by atomic mass is 9.96. The highest BCUT2D eigenvalue weighted by Crippen LogP contribution is 2.22. The summed E-state index contributed by atoms with van der Waals surface area (Å²) in [4.78, 5) is 38.3. The second-order valence-corrected chi connectivity index (χ2v) is 12.0. The van der Waals surface area contributed by atoms with Gasteiger partial charge in [-0.1, -0.05) is 48.5 Å². The van der Waals surface area contributed by atoms with Crippen LogP contribution in [0.2, 0.25) is 0 Å². The van der Waals surface area contributed by atoms with Gasteiger partial charge in [-0.15, -0.1) is 0 Å². The molecule has 0 aromatic heterocycles. The monoisotopic (exact) mass is 588 g/mol. The fourth-order valence-corrected chi connectivity index (χ4v) is 6.42. The third kappa shape index (κ3) is 9.35. The average molecular weight is 589 g/mol. The Bertz CT molecular complexity index is 1200. The highest BCUT2D eigenvalue weighted by molar-refractivity contribution is 7.89. The molecule has 1 saturated heterocycles. The van der Waals surface area contributed by atoms with Crippen LogP contribution in [-0.4, -0.2) is 85.8 Å². The van der Waals surface area contributed by atoms with E-state index in [-0.39, 0.29) is 31.0 Å². The van der Waals surface area contributed by atoms with Crippen molar-refractivity contribution in [3.8, 4) is 0 Å². The molecule has 0 unspecified atom stereocenters. The molecule has 2 aromatic rings. The summed E-state index contributed by atoms with van der Waals surface area (Å²) in [6.45, 7) is 0.535. The maximum absolute atomic E-state index is 13.6. The molecule has 0 aliphatic carbocycles. The molecule has 3 atom stereocenters. The average Bonchev–Trinajstić information content (AvgIpc) is 2.99. The first-order valence-corrected chi connectivity index (χ1v) is 15.3. The molecular formula is C29H40N4O7S. The third-order valence-corrected chi connectivity index (χ3v) is 9.11. The minimum absolute atomic E-state index is 0.0922. The van der Waals surface area contributed by atoms with Crippen LogP contribution in [0.25, 0.3) is 0 Å². The molecule has 12 heteroatoms. The molecule has 1 aliphatic rings. The molecule has 2 aromatic carbocycles. The van der Waals surface area contributed by atoms with Crippen molar-refractivity contribution in [3.05, 3.63) is 66.2 Å². The number of hydrogen-bond donors (Lipinski definition) is 2. The molecule has 41 heavy (non-hydrogen) atoms. The van der Waals surface area contributed by atoms with Crippen molar-refractivity contribution in [2.75, 3.05) is 26.7 Å². The summed E-state index contributed by atoms with van der Waals surface area (Å²) in [6.07, 6.45) is 1.99. The van der Waals surface area contributed by atoms with E-state index in [1.807, 2.05) is 30.3 Å². The van der Waals surface area contributed by atoms with Crippen LogP contribution in [0.15, 0.2) is 65.6 Å². The zero-order chi connectivity index (χ0) is 29.7. The summed E-state index contributed by atoms with van der Waals surface area (Å²) in [5.74, 6) is -1.39. The molecule has 1 aliphatic heterocycles. The largest absolute Gasteiger partial charge is 0.355 e. The lowest BCUT2D eigenvalue weighted by molar-refractivity contribution is -0.221.